The predicted molar refractivity (Wildman–Crippen MR) is 193 cm³/mol. The second-order valence-corrected chi connectivity index (χ2v) is 14.4. The Kier molecular flexibility index (Phi) is 10.1. The van der Waals surface area contributed by atoms with Crippen molar-refractivity contribution in [2.75, 3.05) is 13.7 Å². The van der Waals surface area contributed by atoms with E-state index >= 15 is 0 Å². The topological polar surface area (TPSA) is 125 Å². The Hall–Kier alpha value is -6.06. The Morgan fingerprint density at radius 3 is 1.41 bits per heavy atom. The van der Waals surface area contributed by atoms with Gasteiger partial charge in [-0.3, -0.25) is 4.55 Å². The summed E-state index contributed by atoms with van der Waals surface area (Å²) in [4.78, 5) is -1.15. The van der Waals surface area contributed by atoms with E-state index in [2.05, 4.69) is 5.92 Å². The van der Waals surface area contributed by atoms with E-state index < -0.39 is 24.9 Å². The quantitative estimate of drug-likeness (QED) is 0.0977. The minimum atomic E-state index is -4.88. The molecule has 0 bridgehead atoms. The zero-order valence-electron chi connectivity index (χ0n) is 27.1. The maximum absolute atomic E-state index is 13.5. The van der Waals surface area contributed by atoms with Gasteiger partial charge >= 0.3 is 0 Å². The Labute approximate surface area is 296 Å². The van der Waals surface area contributed by atoms with Crippen molar-refractivity contribution < 1.29 is 40.3 Å². The van der Waals surface area contributed by atoms with E-state index in [9.17, 15) is 21.4 Å². The van der Waals surface area contributed by atoms with E-state index in [0.717, 1.165) is 34.1 Å². The number of methoxy groups -OCH3 is 1. The molecule has 0 radical (unpaired) electrons. The fourth-order valence-electron chi connectivity index (χ4n) is 5.11. The highest BCUT2D eigenvalue weighted by atomic mass is 32.2. The first-order valence-corrected chi connectivity index (χ1v) is 18.3. The molecule has 0 unspecified atom stereocenters. The molecule has 0 saturated heterocycles. The van der Waals surface area contributed by atoms with Crippen LogP contribution in [0, 0.1) is 12.3 Å². The van der Waals surface area contributed by atoms with E-state index in [-0.39, 0.29) is 27.9 Å². The van der Waals surface area contributed by atoms with E-state index in [4.69, 9.17) is 25.4 Å². The van der Waals surface area contributed by atoms with Crippen molar-refractivity contribution in [1.29, 1.82) is 0 Å². The molecule has 0 saturated carbocycles. The maximum atomic E-state index is 13.5. The molecular weight excluding hydrogens is 689 g/mol. The van der Waals surface area contributed by atoms with E-state index in [1.165, 1.54) is 36.4 Å². The molecule has 51 heavy (non-hydrogen) atoms. The number of terminal acetylenes is 1. The maximum Gasteiger partial charge on any atom is 0.298 e. The third-order valence-electron chi connectivity index (χ3n) is 7.74. The second-order valence-electron chi connectivity index (χ2n) is 11.1. The lowest BCUT2D eigenvalue weighted by Crippen LogP contribution is -2.06. The summed E-state index contributed by atoms with van der Waals surface area (Å²) in [6.07, 6.45) is 5.23. The van der Waals surface area contributed by atoms with Crippen LogP contribution >= 0.6 is 0 Å². The third kappa shape index (κ3) is 8.22. The Morgan fingerprint density at radius 2 is 0.961 bits per heavy atom. The first-order chi connectivity index (χ1) is 24.5. The lowest BCUT2D eigenvalue weighted by atomic mass is 10.1. The van der Waals surface area contributed by atoms with Gasteiger partial charge in [-0.1, -0.05) is 54.5 Å². The molecule has 6 aromatic rings. The number of ether oxygens (including phenoxy) is 4. The monoisotopic (exact) mass is 718 g/mol. The van der Waals surface area contributed by atoms with Gasteiger partial charge in [0, 0.05) is 0 Å². The molecule has 0 aromatic heterocycles. The van der Waals surface area contributed by atoms with Crippen LogP contribution in [0.1, 0.15) is 0 Å². The van der Waals surface area contributed by atoms with Crippen LogP contribution in [0.15, 0.2) is 154 Å². The third-order valence-corrected chi connectivity index (χ3v) is 10.4. The smallest absolute Gasteiger partial charge is 0.298 e. The zero-order chi connectivity index (χ0) is 36.0. The van der Waals surface area contributed by atoms with Crippen LogP contribution in [0.4, 0.5) is 0 Å². The molecule has 0 amide bonds. The summed E-state index contributed by atoms with van der Waals surface area (Å²) in [6, 6.07) is 38.1. The molecule has 1 N–H and O–H groups in total. The van der Waals surface area contributed by atoms with Gasteiger partial charge < -0.3 is 18.9 Å². The van der Waals surface area contributed by atoms with Crippen LogP contribution in [0.25, 0.3) is 22.3 Å². The highest BCUT2D eigenvalue weighted by Crippen LogP contribution is 2.35. The van der Waals surface area contributed by atoms with E-state index in [0.29, 0.717) is 17.2 Å². The highest BCUT2D eigenvalue weighted by molar-refractivity contribution is 7.91. The van der Waals surface area contributed by atoms with Gasteiger partial charge in [-0.2, -0.15) is 8.42 Å². The molecule has 6 rings (SSSR count). The van der Waals surface area contributed by atoms with Gasteiger partial charge in [0.1, 0.15) is 46.0 Å². The van der Waals surface area contributed by atoms with Gasteiger partial charge in [-0.05, 0) is 113 Å². The fraction of sp³-hybridized carbons (Fsp3) is 0.0500. The summed E-state index contributed by atoms with van der Waals surface area (Å²) < 4.78 is 84.1. The second kappa shape index (κ2) is 14.8. The molecule has 6 aromatic carbocycles. The van der Waals surface area contributed by atoms with Gasteiger partial charge in [-0.15, -0.1) is 6.42 Å². The van der Waals surface area contributed by atoms with Gasteiger partial charge in [0.2, 0.25) is 9.84 Å². The molecule has 0 aliphatic carbocycles. The van der Waals surface area contributed by atoms with Crippen LogP contribution in [-0.2, 0) is 20.0 Å². The SMILES string of the molecule is C#CCOc1ccc(-c2ccc(Oc3ccc(S(=O)(=O)c4ccc(Oc5ccc(-c6ccc(OC)cc6)cc5)c(S(=O)(=O)O)c4)cc3)cc2)cc1. The standard InChI is InChI=1S/C40H30O9S2/c1-3-26-47-33-14-6-29(7-15-33)30-8-16-34(17-9-30)48-35-20-22-37(23-21-35)50(41,42)38-24-25-39(40(27-38)51(43,44)45)49-36-18-10-31(11-19-36)28-4-12-32(46-2)13-5-28/h1,4-25,27H,26H2,2H3,(H,43,44,45). The number of rotatable bonds is 12. The summed E-state index contributed by atoms with van der Waals surface area (Å²) in [6.45, 7) is 0.194. The lowest BCUT2D eigenvalue weighted by Gasteiger charge is -2.13. The summed E-state index contributed by atoms with van der Waals surface area (Å²) in [5, 5.41) is 0. The Bertz CT molecular complexity index is 2400. The van der Waals surface area contributed by atoms with Crippen molar-refractivity contribution in [3.63, 3.8) is 0 Å². The molecular formula is C40H30O9S2. The average Bonchev–Trinajstić information content (AvgIpc) is 3.15. The summed E-state index contributed by atoms with van der Waals surface area (Å²) in [7, 11) is -7.49. The normalized spacial score (nSPS) is 11.3. The number of hydrogen-bond donors (Lipinski definition) is 1. The Balaban J connectivity index is 1.15. The van der Waals surface area contributed by atoms with Gasteiger partial charge in [0.15, 0.2) is 0 Å². The molecule has 0 aliphatic rings. The van der Waals surface area contributed by atoms with Gasteiger partial charge in [0.05, 0.1) is 16.9 Å². The summed E-state index contributed by atoms with van der Waals surface area (Å²) in [5.74, 6) is 4.78. The molecule has 11 heteroatoms. The first kappa shape index (κ1) is 34.8. The summed E-state index contributed by atoms with van der Waals surface area (Å²) >= 11 is 0. The predicted octanol–water partition coefficient (Wildman–Crippen LogP) is 8.71. The van der Waals surface area contributed by atoms with Crippen molar-refractivity contribution in [3.05, 3.63) is 140 Å². The van der Waals surface area contributed by atoms with Crippen LogP contribution in [-0.4, -0.2) is 35.1 Å². The molecule has 0 heterocycles. The molecule has 0 spiro atoms. The average molecular weight is 719 g/mol. The van der Waals surface area contributed by atoms with Crippen molar-refractivity contribution in [3.8, 4) is 69.1 Å². The van der Waals surface area contributed by atoms with Crippen LogP contribution in [0.3, 0.4) is 0 Å². The number of benzene rings is 6. The van der Waals surface area contributed by atoms with Crippen LogP contribution in [0.2, 0.25) is 0 Å². The van der Waals surface area contributed by atoms with Gasteiger partial charge in [-0.25, -0.2) is 8.42 Å². The van der Waals surface area contributed by atoms with Crippen LogP contribution in [0.5, 0.6) is 34.5 Å². The molecule has 0 aliphatic heterocycles. The molecule has 9 nitrogen and oxygen atoms in total. The largest absolute Gasteiger partial charge is 0.497 e. The lowest BCUT2D eigenvalue weighted by molar-refractivity contribution is 0.370. The number of hydrogen-bond acceptors (Lipinski definition) is 8. The zero-order valence-corrected chi connectivity index (χ0v) is 28.7. The first-order valence-electron chi connectivity index (χ1n) is 15.4. The fourth-order valence-corrected chi connectivity index (χ4v) is 7.11. The Morgan fingerprint density at radius 1 is 0.549 bits per heavy atom. The summed E-state index contributed by atoms with van der Waals surface area (Å²) in [5.41, 5.74) is 3.73. The van der Waals surface area contributed by atoms with Crippen molar-refractivity contribution in [2.24, 2.45) is 0 Å². The molecule has 0 fully saturated rings. The minimum absolute atomic E-state index is 0.107. The van der Waals surface area contributed by atoms with E-state index in [1.807, 2.05) is 60.7 Å². The van der Waals surface area contributed by atoms with Crippen molar-refractivity contribution in [1.82, 2.24) is 0 Å². The van der Waals surface area contributed by atoms with Gasteiger partial charge in [0.25, 0.3) is 10.1 Å². The number of sulfone groups is 1. The molecule has 256 valence electrons. The van der Waals surface area contributed by atoms with E-state index in [1.54, 1.807) is 43.5 Å². The highest BCUT2D eigenvalue weighted by Gasteiger charge is 2.25. The van der Waals surface area contributed by atoms with Crippen molar-refractivity contribution >= 4 is 20.0 Å². The van der Waals surface area contributed by atoms with Crippen LogP contribution < -0.4 is 18.9 Å². The molecule has 0 atom stereocenters. The van der Waals surface area contributed by atoms with Crippen molar-refractivity contribution in [2.45, 2.75) is 14.7 Å². The minimum Gasteiger partial charge on any atom is -0.497 e.